The molecule has 0 saturated heterocycles. The lowest BCUT2D eigenvalue weighted by Gasteiger charge is -2.12. The summed E-state index contributed by atoms with van der Waals surface area (Å²) >= 11 is 5.28. The van der Waals surface area contributed by atoms with Crippen molar-refractivity contribution in [3.8, 4) is 0 Å². The summed E-state index contributed by atoms with van der Waals surface area (Å²) in [4.78, 5) is 3.04. The van der Waals surface area contributed by atoms with E-state index in [1.807, 2.05) is 16.7 Å². The fraction of sp³-hybridized carbons (Fsp3) is 0.308. The maximum absolute atomic E-state index is 13.5. The molecular weight excluding hydrogens is 235 g/mol. The second kappa shape index (κ2) is 4.45. The van der Waals surface area contributed by atoms with Gasteiger partial charge in [-0.25, -0.2) is 4.39 Å². The van der Waals surface area contributed by atoms with Crippen LogP contribution in [0.3, 0.4) is 0 Å². The Balaban J connectivity index is 2.70. The lowest BCUT2D eigenvalue weighted by Crippen LogP contribution is -2.04. The van der Waals surface area contributed by atoms with E-state index in [9.17, 15) is 4.39 Å². The summed E-state index contributed by atoms with van der Waals surface area (Å²) < 4.78 is 16.1. The number of allylic oxidation sites excluding steroid dienone is 1. The van der Waals surface area contributed by atoms with E-state index in [0.717, 1.165) is 17.5 Å². The first-order valence-corrected chi connectivity index (χ1v) is 5.96. The minimum Gasteiger partial charge on any atom is -0.330 e. The molecule has 0 bridgehead atoms. The van der Waals surface area contributed by atoms with Crippen molar-refractivity contribution in [1.29, 1.82) is 0 Å². The Hall–Kier alpha value is -1.42. The third-order valence-electron chi connectivity index (χ3n) is 2.95. The summed E-state index contributed by atoms with van der Waals surface area (Å²) in [5.41, 5.74) is 2.32. The van der Waals surface area contributed by atoms with Gasteiger partial charge in [0, 0.05) is 6.04 Å². The number of aromatic nitrogens is 2. The van der Waals surface area contributed by atoms with Crippen LogP contribution < -0.4 is 0 Å². The summed E-state index contributed by atoms with van der Waals surface area (Å²) in [7, 11) is 0. The fourth-order valence-electron chi connectivity index (χ4n) is 2.03. The SMILES string of the molecule is C=CCC(C)n1c(=S)[nH]c2cc(F)c(C)cc21. The number of imidazole rings is 1. The number of hydrogen-bond acceptors (Lipinski definition) is 1. The Morgan fingerprint density at radius 2 is 2.29 bits per heavy atom. The molecular formula is C13H15FN2S. The van der Waals surface area contributed by atoms with Crippen LogP contribution in [0, 0.1) is 17.5 Å². The van der Waals surface area contributed by atoms with E-state index >= 15 is 0 Å². The van der Waals surface area contributed by atoms with Crippen molar-refractivity contribution in [2.24, 2.45) is 0 Å². The van der Waals surface area contributed by atoms with Crippen molar-refractivity contribution < 1.29 is 4.39 Å². The Morgan fingerprint density at radius 1 is 1.59 bits per heavy atom. The van der Waals surface area contributed by atoms with Crippen molar-refractivity contribution in [3.63, 3.8) is 0 Å². The third kappa shape index (κ3) is 2.05. The van der Waals surface area contributed by atoms with Crippen molar-refractivity contribution >= 4 is 23.3 Å². The van der Waals surface area contributed by atoms with E-state index < -0.39 is 0 Å². The Bertz CT molecular complexity index is 624. The average molecular weight is 250 g/mol. The number of aromatic amines is 1. The van der Waals surface area contributed by atoms with Gasteiger partial charge in [-0.1, -0.05) is 6.08 Å². The van der Waals surface area contributed by atoms with Gasteiger partial charge in [-0.3, -0.25) is 0 Å². The molecule has 1 unspecified atom stereocenters. The molecule has 0 radical (unpaired) electrons. The Morgan fingerprint density at radius 3 is 2.94 bits per heavy atom. The van der Waals surface area contributed by atoms with Crippen LogP contribution in [0.5, 0.6) is 0 Å². The van der Waals surface area contributed by atoms with Gasteiger partial charge in [-0.15, -0.1) is 6.58 Å². The van der Waals surface area contributed by atoms with Gasteiger partial charge in [-0.05, 0) is 50.2 Å². The van der Waals surface area contributed by atoms with E-state index in [1.165, 1.54) is 6.07 Å². The number of aryl methyl sites for hydroxylation is 1. The molecule has 17 heavy (non-hydrogen) atoms. The topological polar surface area (TPSA) is 20.7 Å². The number of benzene rings is 1. The molecule has 90 valence electrons. The second-order valence-electron chi connectivity index (χ2n) is 4.29. The average Bonchev–Trinajstić information content (AvgIpc) is 2.55. The summed E-state index contributed by atoms with van der Waals surface area (Å²) in [6.45, 7) is 7.56. The molecule has 2 rings (SSSR count). The molecule has 1 aromatic carbocycles. The maximum Gasteiger partial charge on any atom is 0.178 e. The van der Waals surface area contributed by atoms with Gasteiger partial charge in [0.2, 0.25) is 0 Å². The molecule has 1 N–H and O–H groups in total. The minimum absolute atomic E-state index is 0.211. The molecule has 4 heteroatoms. The zero-order valence-electron chi connectivity index (χ0n) is 9.96. The molecule has 0 aliphatic carbocycles. The first-order valence-electron chi connectivity index (χ1n) is 5.56. The van der Waals surface area contributed by atoms with E-state index in [-0.39, 0.29) is 11.9 Å². The predicted molar refractivity (Wildman–Crippen MR) is 71.3 cm³/mol. The van der Waals surface area contributed by atoms with Gasteiger partial charge in [0.25, 0.3) is 0 Å². The van der Waals surface area contributed by atoms with Crippen LogP contribution in [0.25, 0.3) is 11.0 Å². The van der Waals surface area contributed by atoms with E-state index in [0.29, 0.717) is 10.3 Å². The van der Waals surface area contributed by atoms with Crippen LogP contribution in [0.2, 0.25) is 0 Å². The van der Waals surface area contributed by atoms with Crippen LogP contribution in [0.15, 0.2) is 24.8 Å². The molecule has 0 aliphatic rings. The molecule has 0 saturated carbocycles. The summed E-state index contributed by atoms with van der Waals surface area (Å²) in [5.74, 6) is -0.211. The van der Waals surface area contributed by atoms with Gasteiger partial charge >= 0.3 is 0 Å². The number of rotatable bonds is 3. The Kier molecular flexibility index (Phi) is 3.15. The molecule has 2 aromatic rings. The van der Waals surface area contributed by atoms with E-state index in [1.54, 1.807) is 6.92 Å². The van der Waals surface area contributed by atoms with E-state index in [2.05, 4.69) is 18.5 Å². The zero-order valence-corrected chi connectivity index (χ0v) is 10.8. The smallest absolute Gasteiger partial charge is 0.178 e. The fourth-order valence-corrected chi connectivity index (χ4v) is 2.42. The number of hydrogen-bond donors (Lipinski definition) is 1. The number of H-pyrrole nitrogens is 1. The lowest BCUT2D eigenvalue weighted by molar-refractivity contribution is 0.563. The molecule has 2 nitrogen and oxygen atoms in total. The number of nitrogens with one attached hydrogen (secondary N) is 1. The minimum atomic E-state index is -0.211. The summed E-state index contributed by atoms with van der Waals surface area (Å²) in [6, 6.07) is 3.55. The standard InChI is InChI=1S/C13H15FN2S/c1-4-5-9(3)16-12-6-8(2)10(14)7-11(12)15-13(16)17/h4,6-7,9H,1,5H2,2-3H3,(H,15,17). The third-order valence-corrected chi connectivity index (χ3v) is 3.24. The number of fused-ring (bicyclic) bond motifs is 1. The van der Waals surface area contributed by atoms with Crippen LogP contribution in [-0.2, 0) is 0 Å². The van der Waals surface area contributed by atoms with Crippen LogP contribution in [0.1, 0.15) is 24.9 Å². The first kappa shape index (κ1) is 12.0. The monoisotopic (exact) mass is 250 g/mol. The lowest BCUT2D eigenvalue weighted by atomic mass is 10.2. The molecule has 0 amide bonds. The highest BCUT2D eigenvalue weighted by molar-refractivity contribution is 7.71. The molecule has 0 fully saturated rings. The number of nitrogens with zero attached hydrogens (tertiary/aromatic N) is 1. The Labute approximate surface area is 105 Å². The summed E-state index contributed by atoms with van der Waals surface area (Å²) in [5, 5.41) is 0. The summed E-state index contributed by atoms with van der Waals surface area (Å²) in [6.07, 6.45) is 2.69. The molecule has 1 atom stereocenters. The van der Waals surface area contributed by atoms with Crippen LogP contribution >= 0.6 is 12.2 Å². The molecule has 1 heterocycles. The maximum atomic E-state index is 13.5. The van der Waals surface area contributed by atoms with Gasteiger partial charge in [-0.2, -0.15) is 0 Å². The van der Waals surface area contributed by atoms with Crippen molar-refractivity contribution in [3.05, 3.63) is 40.9 Å². The van der Waals surface area contributed by atoms with Crippen molar-refractivity contribution in [2.75, 3.05) is 0 Å². The number of halogens is 1. The quantitative estimate of drug-likeness (QED) is 0.637. The van der Waals surface area contributed by atoms with Gasteiger partial charge in [0.1, 0.15) is 5.82 Å². The second-order valence-corrected chi connectivity index (χ2v) is 4.68. The highest BCUT2D eigenvalue weighted by atomic mass is 32.1. The first-order chi connectivity index (χ1) is 8.04. The molecule has 0 spiro atoms. The van der Waals surface area contributed by atoms with Gasteiger partial charge < -0.3 is 9.55 Å². The van der Waals surface area contributed by atoms with Crippen LogP contribution in [0.4, 0.5) is 4.39 Å². The zero-order chi connectivity index (χ0) is 12.6. The van der Waals surface area contributed by atoms with Crippen LogP contribution in [-0.4, -0.2) is 9.55 Å². The van der Waals surface area contributed by atoms with Crippen molar-refractivity contribution in [2.45, 2.75) is 26.3 Å². The van der Waals surface area contributed by atoms with E-state index in [4.69, 9.17) is 12.2 Å². The normalized spacial score (nSPS) is 12.9. The van der Waals surface area contributed by atoms with Gasteiger partial charge in [0.15, 0.2) is 4.77 Å². The highest BCUT2D eigenvalue weighted by Crippen LogP contribution is 2.23. The highest BCUT2D eigenvalue weighted by Gasteiger charge is 2.11. The molecule has 0 aliphatic heterocycles. The molecule has 1 aromatic heterocycles. The largest absolute Gasteiger partial charge is 0.330 e. The predicted octanol–water partition coefficient (Wildman–Crippen LogP) is 4.28. The van der Waals surface area contributed by atoms with Crippen molar-refractivity contribution in [1.82, 2.24) is 9.55 Å². The van der Waals surface area contributed by atoms with Gasteiger partial charge in [0.05, 0.1) is 11.0 Å².